The molecule has 1 amide bonds. The lowest BCUT2D eigenvalue weighted by Gasteiger charge is -2.22. The lowest BCUT2D eigenvalue weighted by molar-refractivity contribution is -0.174. The number of Topliss-reactive ketones (excluding diaryl/α,β-unsaturated/α-hetero) is 1. The molecule has 0 saturated heterocycles. The van der Waals surface area contributed by atoms with Crippen molar-refractivity contribution in [2.75, 3.05) is 0 Å². The summed E-state index contributed by atoms with van der Waals surface area (Å²) in [6.07, 6.45) is -3.41. The molecule has 3 aromatic rings. The summed E-state index contributed by atoms with van der Waals surface area (Å²) in [5, 5.41) is 1.96. The Bertz CT molecular complexity index is 1500. The van der Waals surface area contributed by atoms with Crippen LogP contribution in [0.25, 0.3) is 10.9 Å². The Labute approximate surface area is 201 Å². The number of benzene rings is 1. The van der Waals surface area contributed by atoms with Gasteiger partial charge in [-0.1, -0.05) is 44.2 Å². The third-order valence-electron chi connectivity index (χ3n) is 6.24. The molecule has 1 aromatic carbocycles. The number of H-pyrrole nitrogens is 1. The number of amides is 1. The summed E-state index contributed by atoms with van der Waals surface area (Å²) in [5.74, 6) is -3.98. The van der Waals surface area contributed by atoms with E-state index in [2.05, 4.69) is 4.98 Å². The Morgan fingerprint density at radius 1 is 1.08 bits per heavy atom. The molecule has 2 aromatic heterocycles. The molecule has 190 valence electrons. The van der Waals surface area contributed by atoms with Gasteiger partial charge in [-0.05, 0) is 24.0 Å². The number of nitrogens with zero attached hydrogens (tertiary/aromatic N) is 2. The second-order valence-electron chi connectivity index (χ2n) is 9.11. The summed E-state index contributed by atoms with van der Waals surface area (Å²) in [5.41, 5.74) is -1.63. The number of rotatable bonds is 7. The highest BCUT2D eigenvalue weighted by Gasteiger charge is 2.45. The largest absolute Gasteiger partial charge is 0.452 e. The number of aromatic amines is 1. The van der Waals surface area contributed by atoms with Crippen LogP contribution in [0.3, 0.4) is 0 Å². The van der Waals surface area contributed by atoms with Crippen LogP contribution < -0.4 is 22.1 Å². The molecule has 2 N–H and O–H groups in total. The Hall–Kier alpha value is -3.96. The van der Waals surface area contributed by atoms with E-state index in [1.807, 2.05) is 35.6 Å². The number of carbonyl (C=O) groups is 2. The average molecular weight is 504 g/mol. The Balaban J connectivity index is 1.60. The molecule has 12 heteroatoms. The van der Waals surface area contributed by atoms with Crippen LogP contribution >= 0.6 is 0 Å². The lowest BCUT2D eigenvalue weighted by atomic mass is 9.99. The number of fused-ring (bicyclic) bond motifs is 1. The highest BCUT2D eigenvalue weighted by atomic mass is 19.4. The fraction of sp³-hybridized carbons (Fsp3) is 0.375. The quantitative estimate of drug-likeness (QED) is 0.509. The van der Waals surface area contributed by atoms with Crippen LogP contribution in [0.2, 0.25) is 0 Å². The average Bonchev–Trinajstić information content (AvgIpc) is 3.59. The molecule has 1 aliphatic carbocycles. The van der Waals surface area contributed by atoms with Gasteiger partial charge in [0.15, 0.2) is 0 Å². The highest BCUT2D eigenvalue weighted by molar-refractivity contribution is 5.93. The SMILES string of the molecule is CC(C)C(NC(=O)Cn1ccc2c(=O)n([C@H]3C[C@@H]3c3ccccc3)c(=O)[nH]c2c1=O)C(=O)C(F)(F)F. The summed E-state index contributed by atoms with van der Waals surface area (Å²) in [6.45, 7) is 1.97. The van der Waals surface area contributed by atoms with E-state index in [0.29, 0.717) is 6.42 Å². The number of hydrogen-bond donors (Lipinski definition) is 2. The second kappa shape index (κ2) is 9.25. The summed E-state index contributed by atoms with van der Waals surface area (Å²) >= 11 is 0. The lowest BCUT2D eigenvalue weighted by Crippen LogP contribution is -2.50. The van der Waals surface area contributed by atoms with Gasteiger partial charge in [-0.25, -0.2) is 4.79 Å². The molecule has 36 heavy (non-hydrogen) atoms. The topological polar surface area (TPSA) is 123 Å². The van der Waals surface area contributed by atoms with Crippen molar-refractivity contribution < 1.29 is 22.8 Å². The van der Waals surface area contributed by atoms with Crippen molar-refractivity contribution in [1.29, 1.82) is 0 Å². The van der Waals surface area contributed by atoms with Crippen LogP contribution in [0.4, 0.5) is 13.2 Å². The zero-order valence-electron chi connectivity index (χ0n) is 19.3. The molecule has 1 aliphatic rings. The van der Waals surface area contributed by atoms with Crippen molar-refractivity contribution in [2.45, 2.75) is 51.0 Å². The van der Waals surface area contributed by atoms with Crippen molar-refractivity contribution in [3.8, 4) is 0 Å². The van der Waals surface area contributed by atoms with Gasteiger partial charge < -0.3 is 14.9 Å². The normalized spacial score (nSPS) is 18.3. The first-order valence-corrected chi connectivity index (χ1v) is 11.2. The van der Waals surface area contributed by atoms with Crippen molar-refractivity contribution in [2.24, 2.45) is 5.92 Å². The van der Waals surface area contributed by atoms with Crippen molar-refractivity contribution in [3.63, 3.8) is 0 Å². The molecule has 4 rings (SSSR count). The zero-order chi connectivity index (χ0) is 26.4. The van der Waals surface area contributed by atoms with Gasteiger partial charge in [0.1, 0.15) is 12.1 Å². The van der Waals surface area contributed by atoms with Crippen LogP contribution in [-0.4, -0.2) is 38.0 Å². The molecule has 1 saturated carbocycles. The summed E-state index contributed by atoms with van der Waals surface area (Å²) in [7, 11) is 0. The number of pyridine rings is 1. The number of alkyl halides is 3. The van der Waals surface area contributed by atoms with E-state index in [-0.39, 0.29) is 22.9 Å². The van der Waals surface area contributed by atoms with Crippen LogP contribution in [0, 0.1) is 5.92 Å². The molecule has 0 aliphatic heterocycles. The van der Waals surface area contributed by atoms with Gasteiger partial charge in [0.25, 0.3) is 16.9 Å². The number of hydrogen-bond acceptors (Lipinski definition) is 5. The molecule has 0 spiro atoms. The minimum Gasteiger partial charge on any atom is -0.344 e. The second-order valence-corrected chi connectivity index (χ2v) is 9.11. The van der Waals surface area contributed by atoms with Gasteiger partial charge in [-0.3, -0.25) is 23.7 Å². The van der Waals surface area contributed by atoms with Crippen molar-refractivity contribution >= 4 is 22.6 Å². The first-order valence-electron chi connectivity index (χ1n) is 11.2. The maximum Gasteiger partial charge on any atom is 0.452 e. The first-order chi connectivity index (χ1) is 16.9. The van der Waals surface area contributed by atoms with Crippen LogP contribution in [0.15, 0.2) is 57.0 Å². The Kier molecular flexibility index (Phi) is 6.46. The molecular formula is C24H23F3N4O5. The highest BCUT2D eigenvalue weighted by Crippen LogP contribution is 2.50. The van der Waals surface area contributed by atoms with E-state index in [9.17, 15) is 37.1 Å². The van der Waals surface area contributed by atoms with Gasteiger partial charge in [0.2, 0.25) is 5.91 Å². The van der Waals surface area contributed by atoms with E-state index in [1.54, 1.807) is 0 Å². The fourth-order valence-corrected chi connectivity index (χ4v) is 4.30. The third kappa shape index (κ3) is 4.75. The maximum atomic E-state index is 13.1. The smallest absolute Gasteiger partial charge is 0.344 e. The molecule has 3 atom stereocenters. The molecule has 2 heterocycles. The maximum absolute atomic E-state index is 13.1. The van der Waals surface area contributed by atoms with Gasteiger partial charge >= 0.3 is 11.9 Å². The molecule has 1 fully saturated rings. The van der Waals surface area contributed by atoms with Gasteiger partial charge in [0.05, 0.1) is 11.4 Å². The minimum atomic E-state index is -5.14. The van der Waals surface area contributed by atoms with Crippen LogP contribution in [0.5, 0.6) is 0 Å². The number of aromatic nitrogens is 3. The van der Waals surface area contributed by atoms with Crippen molar-refractivity contribution in [1.82, 2.24) is 19.4 Å². The predicted molar refractivity (Wildman–Crippen MR) is 124 cm³/mol. The van der Waals surface area contributed by atoms with Gasteiger partial charge in [0, 0.05) is 18.2 Å². The molecule has 0 bridgehead atoms. The van der Waals surface area contributed by atoms with E-state index >= 15 is 0 Å². The Morgan fingerprint density at radius 3 is 2.36 bits per heavy atom. The summed E-state index contributed by atoms with van der Waals surface area (Å²) in [6, 6.07) is 8.47. The van der Waals surface area contributed by atoms with Crippen LogP contribution in [-0.2, 0) is 16.1 Å². The standard InChI is InChI=1S/C24H23F3N4O5/c1-12(2)18(20(33)24(25,26)27)28-17(32)11-30-9-8-14-19(22(30)35)29-23(36)31(21(14)34)16-10-15(16)13-6-4-3-5-7-13/h3-9,12,15-16,18H,10-11H2,1-2H3,(H,28,32)(H,29,36)/t15-,16+,18?/m1/s1. The fourth-order valence-electron chi connectivity index (χ4n) is 4.30. The minimum absolute atomic E-state index is 0.0140. The monoisotopic (exact) mass is 504 g/mol. The zero-order valence-corrected chi connectivity index (χ0v) is 19.3. The number of nitrogens with one attached hydrogen (secondary N) is 2. The van der Waals surface area contributed by atoms with E-state index in [0.717, 1.165) is 20.9 Å². The third-order valence-corrected chi connectivity index (χ3v) is 6.24. The molecule has 9 nitrogen and oxygen atoms in total. The van der Waals surface area contributed by atoms with Crippen molar-refractivity contribution in [3.05, 3.63) is 79.4 Å². The van der Waals surface area contributed by atoms with Crippen LogP contribution in [0.1, 0.15) is 37.8 Å². The Morgan fingerprint density at radius 2 is 1.75 bits per heavy atom. The van der Waals surface area contributed by atoms with E-state index in [1.165, 1.54) is 19.9 Å². The molecule has 0 radical (unpaired) electrons. The van der Waals surface area contributed by atoms with Gasteiger partial charge in [-0.15, -0.1) is 0 Å². The summed E-state index contributed by atoms with van der Waals surface area (Å²) in [4.78, 5) is 65.1. The molecular weight excluding hydrogens is 481 g/mol. The number of carbonyl (C=O) groups excluding carboxylic acids is 2. The van der Waals surface area contributed by atoms with E-state index < -0.39 is 53.2 Å². The molecule has 1 unspecified atom stereocenters. The number of halogens is 3. The predicted octanol–water partition coefficient (Wildman–Crippen LogP) is 1.85. The van der Waals surface area contributed by atoms with Gasteiger partial charge in [-0.2, -0.15) is 13.2 Å². The summed E-state index contributed by atoms with van der Waals surface area (Å²) < 4.78 is 40.5. The van der Waals surface area contributed by atoms with E-state index in [4.69, 9.17) is 0 Å². The first kappa shape index (κ1) is 25.1. The number of ketones is 1.